The summed E-state index contributed by atoms with van der Waals surface area (Å²) in [5.41, 5.74) is 4.90. The molecule has 1 unspecified atom stereocenters. The van der Waals surface area contributed by atoms with Gasteiger partial charge in [-0.2, -0.15) is 0 Å². The summed E-state index contributed by atoms with van der Waals surface area (Å²) in [7, 11) is -2.64. The third-order valence-electron chi connectivity index (χ3n) is 8.66. The Hall–Kier alpha value is -4.86. The van der Waals surface area contributed by atoms with Crippen LogP contribution in [0.15, 0.2) is 158 Å². The van der Waals surface area contributed by atoms with Gasteiger partial charge in [0.05, 0.1) is 11.0 Å². The molecule has 0 amide bonds. The Morgan fingerprint density at radius 2 is 1.00 bits per heavy atom. The smallest absolute Gasteiger partial charge is 0.179 e. The van der Waals surface area contributed by atoms with Crippen LogP contribution < -0.4 is 26.1 Å². The highest BCUT2D eigenvalue weighted by molar-refractivity contribution is 7.20. The largest absolute Gasteiger partial charge is 0.365 e. The third-order valence-corrected chi connectivity index (χ3v) is 13.4. The van der Waals surface area contributed by atoms with Gasteiger partial charge in [0.25, 0.3) is 0 Å². The van der Waals surface area contributed by atoms with Crippen molar-refractivity contribution >= 4 is 56.3 Å². The van der Waals surface area contributed by atoms with Crippen LogP contribution in [0.2, 0.25) is 0 Å². The van der Waals surface area contributed by atoms with Crippen molar-refractivity contribution in [2.75, 3.05) is 5.32 Å². The lowest BCUT2D eigenvalue weighted by atomic mass is 10.1. The molecule has 6 aromatic carbocycles. The molecular formula is C39H34N2Si. The van der Waals surface area contributed by atoms with Crippen molar-refractivity contribution in [2.24, 2.45) is 0 Å². The second kappa shape index (κ2) is 10.8. The van der Waals surface area contributed by atoms with Crippen molar-refractivity contribution in [3.8, 4) is 0 Å². The first-order chi connectivity index (χ1) is 20.7. The first-order valence-corrected chi connectivity index (χ1v) is 16.7. The topological polar surface area (TPSA) is 17.0 Å². The van der Waals surface area contributed by atoms with Gasteiger partial charge in [-0.1, -0.05) is 140 Å². The zero-order chi connectivity index (χ0) is 28.5. The average Bonchev–Trinajstić information content (AvgIpc) is 3.38. The minimum absolute atomic E-state index is 0.0463. The molecule has 1 heterocycles. The molecule has 0 aliphatic carbocycles. The Morgan fingerprint density at radius 1 is 0.500 bits per heavy atom. The van der Waals surface area contributed by atoms with E-state index in [0.29, 0.717) is 0 Å². The van der Waals surface area contributed by atoms with Gasteiger partial charge >= 0.3 is 0 Å². The monoisotopic (exact) mass is 558 g/mol. The van der Waals surface area contributed by atoms with E-state index in [0.717, 1.165) is 5.69 Å². The second-order valence-electron chi connectivity index (χ2n) is 11.1. The van der Waals surface area contributed by atoms with Crippen LogP contribution >= 0.6 is 0 Å². The van der Waals surface area contributed by atoms with Gasteiger partial charge in [0, 0.05) is 16.5 Å². The SMILES string of the molecule is Cc1ccccc1NC(C)n1c2ccccc2c2ccc([Si](c3ccccc3)(c3ccccc3)c3ccccc3)cc21. The number of rotatable bonds is 7. The molecule has 0 saturated carbocycles. The summed E-state index contributed by atoms with van der Waals surface area (Å²) >= 11 is 0. The first kappa shape index (κ1) is 26.1. The molecule has 42 heavy (non-hydrogen) atoms. The average molecular weight is 559 g/mol. The molecular weight excluding hydrogens is 525 g/mol. The Kier molecular flexibility index (Phi) is 6.73. The maximum Gasteiger partial charge on any atom is 0.179 e. The van der Waals surface area contributed by atoms with E-state index in [9.17, 15) is 0 Å². The Labute approximate surface area is 248 Å². The summed E-state index contributed by atoms with van der Waals surface area (Å²) < 4.78 is 2.49. The van der Waals surface area contributed by atoms with Crippen LogP contribution in [0.3, 0.4) is 0 Å². The van der Waals surface area contributed by atoms with Crippen LogP contribution in [0.1, 0.15) is 18.7 Å². The summed E-state index contributed by atoms with van der Waals surface area (Å²) in [4.78, 5) is 0. The highest BCUT2D eigenvalue weighted by atomic mass is 28.3. The maximum absolute atomic E-state index is 3.82. The van der Waals surface area contributed by atoms with Crippen molar-refractivity contribution in [3.05, 3.63) is 163 Å². The minimum atomic E-state index is -2.64. The lowest BCUT2D eigenvalue weighted by Crippen LogP contribution is -2.74. The van der Waals surface area contributed by atoms with E-state index in [1.54, 1.807) is 0 Å². The van der Waals surface area contributed by atoms with Crippen LogP contribution in [-0.2, 0) is 0 Å². The van der Waals surface area contributed by atoms with Crippen LogP contribution in [-0.4, -0.2) is 12.6 Å². The van der Waals surface area contributed by atoms with E-state index in [4.69, 9.17) is 0 Å². The predicted octanol–water partition coefficient (Wildman–Crippen LogP) is 7.11. The number of nitrogens with zero attached hydrogens (tertiary/aromatic N) is 1. The standard InChI is InChI=1S/C39H34N2Si/c1-29-16-12-14-24-37(29)40-30(2)41-38-25-15-13-23-35(38)36-27-26-34(28-39(36)41)42(31-17-6-3-7-18-31,32-19-8-4-9-20-32)33-21-10-5-11-22-33/h3-28,30,40H,1-2H3. The molecule has 0 spiro atoms. The molecule has 2 nitrogen and oxygen atoms in total. The molecule has 0 aliphatic heterocycles. The van der Waals surface area contributed by atoms with Gasteiger partial charge < -0.3 is 9.88 Å². The zero-order valence-electron chi connectivity index (χ0n) is 24.0. The molecule has 7 aromatic rings. The normalized spacial score (nSPS) is 12.4. The molecule has 0 fully saturated rings. The van der Waals surface area contributed by atoms with E-state index in [-0.39, 0.29) is 6.17 Å². The van der Waals surface area contributed by atoms with Gasteiger partial charge in [0.2, 0.25) is 0 Å². The fourth-order valence-corrected chi connectivity index (χ4v) is 11.5. The van der Waals surface area contributed by atoms with Crippen LogP contribution in [0, 0.1) is 6.92 Å². The van der Waals surface area contributed by atoms with E-state index in [1.807, 2.05) is 0 Å². The molecule has 0 saturated heterocycles. The van der Waals surface area contributed by atoms with E-state index >= 15 is 0 Å². The molecule has 1 N–H and O–H groups in total. The first-order valence-electron chi connectivity index (χ1n) is 14.7. The summed E-state index contributed by atoms with van der Waals surface area (Å²) in [6.45, 7) is 4.43. The number of benzene rings is 6. The minimum Gasteiger partial charge on any atom is -0.365 e. The van der Waals surface area contributed by atoms with Crippen LogP contribution in [0.25, 0.3) is 21.8 Å². The third kappa shape index (κ3) is 4.25. The number of nitrogens with one attached hydrogen (secondary N) is 1. The lowest BCUT2D eigenvalue weighted by molar-refractivity contribution is 0.658. The number of anilines is 1. The molecule has 1 atom stereocenters. The highest BCUT2D eigenvalue weighted by Gasteiger charge is 2.41. The quantitative estimate of drug-likeness (QED) is 0.163. The van der Waals surface area contributed by atoms with E-state index in [2.05, 4.69) is 181 Å². The second-order valence-corrected chi connectivity index (χ2v) is 14.9. The van der Waals surface area contributed by atoms with E-state index in [1.165, 1.54) is 48.1 Å². The number of hydrogen-bond donors (Lipinski definition) is 1. The number of fused-ring (bicyclic) bond motifs is 3. The summed E-state index contributed by atoms with van der Waals surface area (Å²) in [6.07, 6.45) is 0.0463. The Balaban J connectivity index is 1.54. The molecule has 0 radical (unpaired) electrons. The van der Waals surface area contributed by atoms with Crippen LogP contribution in [0.4, 0.5) is 5.69 Å². The molecule has 7 rings (SSSR count). The van der Waals surface area contributed by atoms with Gasteiger partial charge in [0.1, 0.15) is 6.17 Å². The van der Waals surface area contributed by atoms with Crippen LogP contribution in [0.5, 0.6) is 0 Å². The number of para-hydroxylation sites is 2. The van der Waals surface area contributed by atoms with Gasteiger partial charge in [-0.25, -0.2) is 0 Å². The van der Waals surface area contributed by atoms with Gasteiger partial charge in [-0.15, -0.1) is 0 Å². The van der Waals surface area contributed by atoms with Gasteiger partial charge in [0.15, 0.2) is 8.07 Å². The Bertz CT molecular complexity index is 1880. The van der Waals surface area contributed by atoms with E-state index < -0.39 is 8.07 Å². The van der Waals surface area contributed by atoms with Gasteiger partial charge in [-0.3, -0.25) is 0 Å². The zero-order valence-corrected chi connectivity index (χ0v) is 25.0. The summed E-state index contributed by atoms with van der Waals surface area (Å²) in [5, 5.41) is 11.9. The lowest BCUT2D eigenvalue weighted by Gasteiger charge is -2.34. The van der Waals surface area contributed by atoms with Crippen molar-refractivity contribution in [1.29, 1.82) is 0 Å². The fraction of sp³-hybridized carbons (Fsp3) is 0.0769. The molecule has 204 valence electrons. The molecule has 1 aromatic heterocycles. The number of aryl methyl sites for hydroxylation is 1. The molecule has 3 heteroatoms. The van der Waals surface area contributed by atoms with Crippen molar-refractivity contribution in [3.63, 3.8) is 0 Å². The molecule has 0 bridgehead atoms. The molecule has 0 aliphatic rings. The van der Waals surface area contributed by atoms with Crippen molar-refractivity contribution in [2.45, 2.75) is 20.0 Å². The fourth-order valence-electron chi connectivity index (χ4n) is 6.74. The maximum atomic E-state index is 3.82. The summed E-state index contributed by atoms with van der Waals surface area (Å²) in [5.74, 6) is 0. The predicted molar refractivity (Wildman–Crippen MR) is 183 cm³/mol. The summed E-state index contributed by atoms with van der Waals surface area (Å²) in [6, 6.07) is 58.1. The number of aromatic nitrogens is 1. The van der Waals surface area contributed by atoms with Crippen molar-refractivity contribution < 1.29 is 0 Å². The number of hydrogen-bond acceptors (Lipinski definition) is 1. The van der Waals surface area contributed by atoms with Crippen molar-refractivity contribution in [1.82, 2.24) is 4.57 Å². The Morgan fingerprint density at radius 3 is 1.60 bits per heavy atom. The highest BCUT2D eigenvalue weighted by Crippen LogP contribution is 2.32. The van der Waals surface area contributed by atoms with Gasteiger partial charge in [-0.05, 0) is 58.4 Å².